The smallest absolute Gasteiger partial charge is 0.319 e. The summed E-state index contributed by atoms with van der Waals surface area (Å²) in [5.74, 6) is 0.337. The second-order valence-corrected chi connectivity index (χ2v) is 8.64. The number of aliphatic hydroxyl groups is 1. The number of urea groups is 1. The fourth-order valence-corrected chi connectivity index (χ4v) is 3.96. The van der Waals surface area contributed by atoms with Crippen LogP contribution in [0.4, 0.5) is 10.5 Å². The molecule has 0 bridgehead atoms. The summed E-state index contributed by atoms with van der Waals surface area (Å²) in [6, 6.07) is 4.12. The monoisotopic (exact) mass is 455 g/mol. The normalized spacial score (nSPS) is 21.6. The zero-order chi connectivity index (χ0) is 21.7. The average molecular weight is 456 g/mol. The van der Waals surface area contributed by atoms with Gasteiger partial charge in [0, 0.05) is 28.5 Å². The highest BCUT2D eigenvalue weighted by molar-refractivity contribution is 6.35. The maximum atomic E-state index is 12.4. The molecule has 0 unspecified atom stereocenters. The number of hydrogen-bond donors (Lipinski definition) is 3. The van der Waals surface area contributed by atoms with E-state index in [4.69, 9.17) is 27.9 Å². The summed E-state index contributed by atoms with van der Waals surface area (Å²) in [6.45, 7) is 4.67. The van der Waals surface area contributed by atoms with Crippen LogP contribution >= 0.6 is 23.2 Å². The molecule has 3 rings (SSSR count). The number of carbonyl (C=O) groups is 1. The highest BCUT2D eigenvalue weighted by atomic mass is 35.5. The van der Waals surface area contributed by atoms with Crippen molar-refractivity contribution in [1.29, 1.82) is 0 Å². The summed E-state index contributed by atoms with van der Waals surface area (Å²) in [5.41, 5.74) is 1.46. The number of hydrogen-bond acceptors (Lipinski definition) is 5. The molecule has 3 N–H and O–H groups in total. The summed E-state index contributed by atoms with van der Waals surface area (Å²) in [6.07, 6.45) is 3.70. The van der Waals surface area contributed by atoms with Crippen LogP contribution in [0.3, 0.4) is 0 Å². The molecule has 1 aliphatic heterocycles. The van der Waals surface area contributed by atoms with Gasteiger partial charge in [-0.15, -0.1) is 5.10 Å². The average Bonchev–Trinajstić information content (AvgIpc) is 3.15. The van der Waals surface area contributed by atoms with Crippen LogP contribution in [0.15, 0.2) is 24.4 Å². The summed E-state index contributed by atoms with van der Waals surface area (Å²) in [7, 11) is 0. The second kappa shape index (κ2) is 10.4. The molecule has 0 saturated carbocycles. The Morgan fingerprint density at radius 1 is 1.30 bits per heavy atom. The van der Waals surface area contributed by atoms with Crippen molar-refractivity contribution in [2.75, 3.05) is 11.9 Å². The van der Waals surface area contributed by atoms with Crippen LogP contribution in [0.2, 0.25) is 10.0 Å². The van der Waals surface area contributed by atoms with E-state index in [0.29, 0.717) is 34.6 Å². The molecule has 10 heteroatoms. The molecular weight excluding hydrogens is 429 g/mol. The van der Waals surface area contributed by atoms with Gasteiger partial charge in [-0.2, -0.15) is 0 Å². The number of aryl methyl sites for hydroxylation is 1. The zero-order valence-corrected chi connectivity index (χ0v) is 18.5. The third kappa shape index (κ3) is 6.31. The topological polar surface area (TPSA) is 101 Å². The third-order valence-electron chi connectivity index (χ3n) is 5.06. The SMILES string of the molecule is CC(C)c1cn(CC[C@@H]2CC[C@H](NC(=O)Nc3cc(Cl)cc(Cl)c3)[C@H](CO)O2)nn1. The number of rotatable bonds is 7. The van der Waals surface area contributed by atoms with Gasteiger partial charge < -0.3 is 20.5 Å². The van der Waals surface area contributed by atoms with Gasteiger partial charge in [0.1, 0.15) is 6.10 Å². The maximum absolute atomic E-state index is 12.4. The molecule has 2 heterocycles. The number of amides is 2. The zero-order valence-electron chi connectivity index (χ0n) is 17.0. The van der Waals surface area contributed by atoms with Crippen LogP contribution in [0.1, 0.15) is 44.7 Å². The first-order chi connectivity index (χ1) is 14.3. The van der Waals surface area contributed by atoms with Crippen LogP contribution in [0, 0.1) is 0 Å². The Balaban J connectivity index is 1.49. The van der Waals surface area contributed by atoms with Crippen LogP contribution in [-0.2, 0) is 11.3 Å². The van der Waals surface area contributed by atoms with E-state index in [1.807, 2.05) is 10.9 Å². The molecule has 1 saturated heterocycles. The standard InChI is InChI=1S/C20H27Cl2N5O3/c1-12(2)18-10-27(26-25-18)6-5-16-3-4-17(19(11-28)30-16)24-20(29)23-15-8-13(21)7-14(22)9-15/h7-10,12,16-17,19,28H,3-6,11H2,1-2H3,(H2,23,24,29)/t16-,17-,19-/m0/s1. The molecule has 1 aromatic heterocycles. The van der Waals surface area contributed by atoms with E-state index in [1.165, 1.54) is 0 Å². The fraction of sp³-hybridized carbons (Fsp3) is 0.550. The molecule has 164 valence electrons. The quantitative estimate of drug-likeness (QED) is 0.588. The molecule has 30 heavy (non-hydrogen) atoms. The van der Waals surface area contributed by atoms with Crippen molar-refractivity contribution in [1.82, 2.24) is 20.3 Å². The predicted molar refractivity (Wildman–Crippen MR) is 116 cm³/mol. The third-order valence-corrected chi connectivity index (χ3v) is 5.50. The highest BCUT2D eigenvalue weighted by Crippen LogP contribution is 2.24. The molecule has 0 radical (unpaired) electrons. The first-order valence-corrected chi connectivity index (χ1v) is 10.8. The Morgan fingerprint density at radius 3 is 2.67 bits per heavy atom. The van der Waals surface area contributed by atoms with E-state index in [2.05, 4.69) is 34.8 Å². The second-order valence-electron chi connectivity index (χ2n) is 7.77. The van der Waals surface area contributed by atoms with E-state index in [9.17, 15) is 9.90 Å². The van der Waals surface area contributed by atoms with Gasteiger partial charge in [-0.05, 0) is 43.4 Å². The Labute approximate surface area is 185 Å². The van der Waals surface area contributed by atoms with E-state index < -0.39 is 12.1 Å². The number of anilines is 1. The van der Waals surface area contributed by atoms with Gasteiger partial charge in [-0.3, -0.25) is 4.68 Å². The Morgan fingerprint density at radius 2 is 2.03 bits per heavy atom. The molecule has 1 fully saturated rings. The van der Waals surface area contributed by atoms with E-state index >= 15 is 0 Å². The summed E-state index contributed by atoms with van der Waals surface area (Å²) in [4.78, 5) is 12.4. The van der Waals surface area contributed by atoms with Crippen molar-refractivity contribution in [3.8, 4) is 0 Å². The van der Waals surface area contributed by atoms with Gasteiger partial charge in [0.15, 0.2) is 0 Å². The lowest BCUT2D eigenvalue weighted by atomic mass is 9.97. The van der Waals surface area contributed by atoms with Crippen molar-refractivity contribution >= 4 is 34.9 Å². The van der Waals surface area contributed by atoms with Crippen LogP contribution in [0.5, 0.6) is 0 Å². The minimum Gasteiger partial charge on any atom is -0.394 e. The summed E-state index contributed by atoms with van der Waals surface area (Å²) < 4.78 is 7.84. The van der Waals surface area contributed by atoms with E-state index in [0.717, 1.165) is 18.5 Å². The lowest BCUT2D eigenvalue weighted by Crippen LogP contribution is -2.52. The molecule has 2 amide bonds. The summed E-state index contributed by atoms with van der Waals surface area (Å²) >= 11 is 11.9. The van der Waals surface area contributed by atoms with Crippen LogP contribution in [-0.4, -0.2) is 51.0 Å². The highest BCUT2D eigenvalue weighted by Gasteiger charge is 2.32. The lowest BCUT2D eigenvalue weighted by molar-refractivity contribution is -0.0905. The van der Waals surface area contributed by atoms with E-state index in [-0.39, 0.29) is 18.8 Å². The molecule has 3 atom stereocenters. The predicted octanol–water partition coefficient (Wildman–Crippen LogP) is 3.83. The van der Waals surface area contributed by atoms with Crippen molar-refractivity contribution in [2.45, 2.75) is 63.8 Å². The van der Waals surface area contributed by atoms with Gasteiger partial charge in [-0.25, -0.2) is 4.79 Å². The maximum Gasteiger partial charge on any atom is 0.319 e. The first kappa shape index (κ1) is 22.8. The minimum absolute atomic E-state index is 0.0123. The van der Waals surface area contributed by atoms with Crippen molar-refractivity contribution in [2.24, 2.45) is 0 Å². The molecule has 1 aliphatic rings. The first-order valence-electron chi connectivity index (χ1n) is 10.0. The molecule has 0 aliphatic carbocycles. The van der Waals surface area contributed by atoms with Crippen molar-refractivity contribution in [3.63, 3.8) is 0 Å². The van der Waals surface area contributed by atoms with Gasteiger partial charge >= 0.3 is 6.03 Å². The van der Waals surface area contributed by atoms with Crippen LogP contribution < -0.4 is 10.6 Å². The lowest BCUT2D eigenvalue weighted by Gasteiger charge is -2.36. The van der Waals surface area contributed by atoms with Gasteiger partial charge in [0.2, 0.25) is 0 Å². The fourth-order valence-electron chi connectivity index (χ4n) is 3.43. The number of halogens is 2. The number of nitrogens with zero attached hydrogens (tertiary/aromatic N) is 3. The van der Waals surface area contributed by atoms with Crippen molar-refractivity contribution in [3.05, 3.63) is 40.1 Å². The number of carbonyl (C=O) groups excluding carboxylic acids is 1. The largest absolute Gasteiger partial charge is 0.394 e. The Bertz CT molecular complexity index is 840. The van der Waals surface area contributed by atoms with Gasteiger partial charge in [0.05, 0.1) is 24.4 Å². The van der Waals surface area contributed by atoms with Crippen LogP contribution in [0.25, 0.3) is 0 Å². The van der Waals surface area contributed by atoms with E-state index in [1.54, 1.807) is 18.2 Å². The molecule has 1 aromatic carbocycles. The number of aromatic nitrogens is 3. The molecule has 0 spiro atoms. The number of benzene rings is 1. The van der Waals surface area contributed by atoms with Gasteiger partial charge in [0.25, 0.3) is 0 Å². The Hall–Kier alpha value is -1.87. The minimum atomic E-state index is -0.473. The number of aliphatic hydroxyl groups excluding tert-OH is 1. The molecular formula is C20H27Cl2N5O3. The number of ether oxygens (including phenoxy) is 1. The number of nitrogens with one attached hydrogen (secondary N) is 2. The molecule has 8 nitrogen and oxygen atoms in total. The molecule has 2 aromatic rings. The van der Waals surface area contributed by atoms with Gasteiger partial charge in [-0.1, -0.05) is 42.3 Å². The Kier molecular flexibility index (Phi) is 7.93. The van der Waals surface area contributed by atoms with Crippen molar-refractivity contribution < 1.29 is 14.6 Å². The summed E-state index contributed by atoms with van der Waals surface area (Å²) in [5, 5.41) is 24.5.